The van der Waals surface area contributed by atoms with Crippen LogP contribution in [-0.2, 0) is 30.0 Å². The quantitative estimate of drug-likeness (QED) is 0.524. The number of benzene rings is 1. The van der Waals surface area contributed by atoms with Crippen LogP contribution < -0.4 is 11.2 Å². The molecule has 0 bridgehead atoms. The molecule has 2 aromatic heterocycles. The molecule has 172 valence electrons. The van der Waals surface area contributed by atoms with Crippen molar-refractivity contribution in [3.63, 3.8) is 0 Å². The average molecular weight is 481 g/mol. The van der Waals surface area contributed by atoms with Crippen molar-refractivity contribution in [2.24, 2.45) is 7.05 Å². The van der Waals surface area contributed by atoms with Gasteiger partial charge in [0.2, 0.25) is 15.0 Å². The van der Waals surface area contributed by atoms with E-state index in [9.17, 15) is 23.1 Å². The third kappa shape index (κ3) is 4.14. The largest absolute Gasteiger partial charge is 0.390 e. The molecule has 0 amide bonds. The van der Waals surface area contributed by atoms with E-state index in [1.54, 1.807) is 31.2 Å². The van der Waals surface area contributed by atoms with Crippen LogP contribution in [-0.4, -0.2) is 43.6 Å². The minimum absolute atomic E-state index is 0.0185. The maximum absolute atomic E-state index is 13.4. The van der Waals surface area contributed by atoms with E-state index >= 15 is 0 Å². The van der Waals surface area contributed by atoms with Gasteiger partial charge in [0.25, 0.3) is 5.56 Å². The van der Waals surface area contributed by atoms with Gasteiger partial charge in [-0.1, -0.05) is 30.7 Å². The van der Waals surface area contributed by atoms with E-state index in [1.165, 1.54) is 16.2 Å². The van der Waals surface area contributed by atoms with Crippen molar-refractivity contribution in [2.45, 2.75) is 56.5 Å². The zero-order valence-corrected chi connectivity index (χ0v) is 19.5. The first-order valence-electron chi connectivity index (χ1n) is 10.5. The van der Waals surface area contributed by atoms with Crippen molar-refractivity contribution in [1.29, 1.82) is 0 Å². The molecule has 0 unspecified atom stereocenters. The fraction of sp³-hybridized carbons (Fsp3) is 0.476. The topological polar surface area (TPSA) is 116 Å². The Morgan fingerprint density at radius 3 is 2.41 bits per heavy atom. The number of aliphatic hydroxyl groups is 1. The highest BCUT2D eigenvalue weighted by Gasteiger charge is 2.40. The molecule has 11 heteroatoms. The van der Waals surface area contributed by atoms with Crippen LogP contribution in [0.15, 0.2) is 39.0 Å². The molecule has 1 fully saturated rings. The predicted octanol–water partition coefficient (Wildman–Crippen LogP) is 1.70. The molecule has 1 N–H and O–H groups in total. The second-order valence-electron chi connectivity index (χ2n) is 8.37. The summed E-state index contributed by atoms with van der Waals surface area (Å²) in [6, 6.07) is 6.85. The number of hydrogen-bond acceptors (Lipinski definition) is 6. The van der Waals surface area contributed by atoms with Crippen LogP contribution in [0.3, 0.4) is 0 Å². The first-order valence-corrected chi connectivity index (χ1v) is 12.5. The molecule has 0 spiro atoms. The van der Waals surface area contributed by atoms with E-state index < -0.39 is 26.7 Å². The summed E-state index contributed by atoms with van der Waals surface area (Å²) in [7, 11) is -2.33. The van der Waals surface area contributed by atoms with E-state index in [0.717, 1.165) is 10.1 Å². The summed E-state index contributed by atoms with van der Waals surface area (Å²) < 4.78 is 29.6. The summed E-state index contributed by atoms with van der Waals surface area (Å²) in [6.07, 6.45) is 1.94. The maximum Gasteiger partial charge on any atom is 0.332 e. The predicted molar refractivity (Wildman–Crippen MR) is 121 cm³/mol. The highest BCUT2D eigenvalue weighted by atomic mass is 35.5. The Hall–Kier alpha value is -2.43. The fourth-order valence-electron chi connectivity index (χ4n) is 3.78. The number of imidazole rings is 1. The van der Waals surface area contributed by atoms with Crippen LogP contribution in [0.4, 0.5) is 0 Å². The molecule has 0 aliphatic heterocycles. The Kier molecular flexibility index (Phi) is 5.81. The SMILES string of the molecule is CCCS(=O)(=O)c1nc2c(c(=O)n(CCC3(O)CC3)c(=O)n2C)n1Cc1ccc(Cl)cc1. The normalized spacial score (nSPS) is 15.4. The average Bonchev–Trinajstić information content (AvgIpc) is 3.34. The van der Waals surface area contributed by atoms with Crippen LogP contribution in [0.1, 0.15) is 38.2 Å². The van der Waals surface area contributed by atoms with E-state index in [2.05, 4.69) is 4.98 Å². The maximum atomic E-state index is 13.4. The molecule has 3 aromatic rings. The monoisotopic (exact) mass is 480 g/mol. The van der Waals surface area contributed by atoms with E-state index in [0.29, 0.717) is 24.3 Å². The number of hydrogen-bond donors (Lipinski definition) is 1. The molecule has 1 saturated carbocycles. The number of nitrogens with zero attached hydrogens (tertiary/aromatic N) is 4. The second-order valence-corrected chi connectivity index (χ2v) is 10.8. The lowest BCUT2D eigenvalue weighted by molar-refractivity contribution is 0.133. The lowest BCUT2D eigenvalue weighted by Crippen LogP contribution is -2.40. The number of aromatic nitrogens is 4. The number of sulfone groups is 1. The first-order chi connectivity index (χ1) is 15.1. The van der Waals surface area contributed by atoms with Crippen LogP contribution in [0, 0.1) is 0 Å². The molecule has 9 nitrogen and oxygen atoms in total. The number of halogens is 1. The van der Waals surface area contributed by atoms with Crippen molar-refractivity contribution in [3.05, 3.63) is 55.7 Å². The molecule has 1 aromatic carbocycles. The Labute approximate surface area is 189 Å². The number of fused-ring (bicyclic) bond motifs is 1. The Morgan fingerprint density at radius 1 is 1.16 bits per heavy atom. The van der Waals surface area contributed by atoms with Gasteiger partial charge < -0.3 is 9.67 Å². The smallest absolute Gasteiger partial charge is 0.332 e. The molecule has 1 aliphatic rings. The van der Waals surface area contributed by atoms with Gasteiger partial charge in [0.05, 0.1) is 17.9 Å². The zero-order valence-electron chi connectivity index (χ0n) is 17.9. The lowest BCUT2D eigenvalue weighted by Gasteiger charge is -2.12. The van der Waals surface area contributed by atoms with E-state index in [4.69, 9.17) is 11.6 Å². The van der Waals surface area contributed by atoms with Crippen LogP contribution in [0.2, 0.25) is 5.02 Å². The standard InChI is InChI=1S/C21H25ClN4O5S/c1-3-12-32(30,31)19-23-17-16(26(19)13-14-4-6-15(22)7-5-14)18(27)25(20(28)24(17)2)11-10-21(29)8-9-21/h4-7,29H,3,8-13H2,1-2H3. The Bertz CT molecular complexity index is 1400. The van der Waals surface area contributed by atoms with Crippen molar-refractivity contribution in [1.82, 2.24) is 18.7 Å². The van der Waals surface area contributed by atoms with Crippen LogP contribution >= 0.6 is 11.6 Å². The van der Waals surface area contributed by atoms with Crippen molar-refractivity contribution < 1.29 is 13.5 Å². The summed E-state index contributed by atoms with van der Waals surface area (Å²) in [5.74, 6) is -0.133. The third-order valence-corrected chi connectivity index (χ3v) is 7.90. The van der Waals surface area contributed by atoms with Gasteiger partial charge in [-0.3, -0.25) is 13.9 Å². The number of aryl methyl sites for hydroxylation is 1. The third-order valence-electron chi connectivity index (χ3n) is 5.83. The highest BCUT2D eigenvalue weighted by molar-refractivity contribution is 7.91. The molecular weight excluding hydrogens is 456 g/mol. The van der Waals surface area contributed by atoms with Crippen LogP contribution in [0.25, 0.3) is 11.2 Å². The van der Waals surface area contributed by atoms with Gasteiger partial charge in [0.15, 0.2) is 11.2 Å². The summed E-state index contributed by atoms with van der Waals surface area (Å²) in [5, 5.41) is 10.5. The van der Waals surface area contributed by atoms with Gasteiger partial charge in [-0.15, -0.1) is 0 Å². The van der Waals surface area contributed by atoms with Gasteiger partial charge in [-0.05, 0) is 43.4 Å². The Balaban J connectivity index is 1.95. The minimum Gasteiger partial charge on any atom is -0.390 e. The summed E-state index contributed by atoms with van der Waals surface area (Å²) >= 11 is 5.97. The summed E-state index contributed by atoms with van der Waals surface area (Å²) in [6.45, 7) is 1.86. The Morgan fingerprint density at radius 2 is 1.81 bits per heavy atom. The van der Waals surface area contributed by atoms with Crippen molar-refractivity contribution >= 4 is 32.6 Å². The highest BCUT2D eigenvalue weighted by Crippen LogP contribution is 2.38. The first kappa shape index (κ1) is 22.8. The molecular formula is C21H25ClN4O5S. The fourth-order valence-corrected chi connectivity index (χ4v) is 5.34. The summed E-state index contributed by atoms with van der Waals surface area (Å²) in [5.41, 5.74) is -1.26. The van der Waals surface area contributed by atoms with Crippen molar-refractivity contribution in [3.8, 4) is 0 Å². The van der Waals surface area contributed by atoms with Gasteiger partial charge in [0.1, 0.15) is 0 Å². The zero-order chi connectivity index (χ0) is 23.3. The number of rotatable bonds is 8. The summed E-state index contributed by atoms with van der Waals surface area (Å²) in [4.78, 5) is 30.5. The van der Waals surface area contributed by atoms with Gasteiger partial charge in [-0.25, -0.2) is 13.2 Å². The molecule has 0 saturated heterocycles. The molecule has 4 rings (SSSR count). The molecule has 2 heterocycles. The molecule has 0 atom stereocenters. The van der Waals surface area contributed by atoms with Gasteiger partial charge in [0, 0.05) is 18.6 Å². The van der Waals surface area contributed by atoms with E-state index in [1.807, 2.05) is 0 Å². The van der Waals surface area contributed by atoms with E-state index in [-0.39, 0.29) is 41.6 Å². The van der Waals surface area contributed by atoms with Gasteiger partial charge >= 0.3 is 5.69 Å². The minimum atomic E-state index is -3.79. The lowest BCUT2D eigenvalue weighted by atomic mass is 10.2. The molecule has 0 radical (unpaired) electrons. The molecule has 1 aliphatic carbocycles. The van der Waals surface area contributed by atoms with Crippen molar-refractivity contribution in [2.75, 3.05) is 5.75 Å². The van der Waals surface area contributed by atoms with Crippen LogP contribution in [0.5, 0.6) is 0 Å². The second kappa shape index (κ2) is 8.17. The molecule has 32 heavy (non-hydrogen) atoms. The van der Waals surface area contributed by atoms with Gasteiger partial charge in [-0.2, -0.15) is 4.98 Å².